The van der Waals surface area contributed by atoms with Crippen LogP contribution in [0.3, 0.4) is 0 Å². The molecule has 0 aliphatic heterocycles. The number of phenols is 1. The van der Waals surface area contributed by atoms with Crippen molar-refractivity contribution < 1.29 is 9.90 Å². The minimum atomic E-state index is -0.633. The summed E-state index contributed by atoms with van der Waals surface area (Å²) in [4.78, 5) is 10.5. The van der Waals surface area contributed by atoms with Gasteiger partial charge >= 0.3 is 6.03 Å². The summed E-state index contributed by atoms with van der Waals surface area (Å²) in [6, 6.07) is 2.79. The van der Waals surface area contributed by atoms with E-state index in [-0.39, 0.29) is 5.75 Å². The Kier molecular flexibility index (Phi) is 2.41. The zero-order valence-electron chi connectivity index (χ0n) is 7.59. The molecule has 4 nitrogen and oxygen atoms in total. The molecule has 0 aromatic heterocycles. The number of hydrogen-bond donors (Lipinski definition) is 3. The molecule has 2 amide bonds. The number of amides is 2. The Balaban J connectivity index is 3.10. The number of phenolic OH excluding ortho intramolecular Hbond substituents is 1. The van der Waals surface area contributed by atoms with Crippen molar-refractivity contribution in [3.05, 3.63) is 23.3 Å². The molecule has 0 saturated carbocycles. The average Bonchev–Trinajstić information content (AvgIpc) is 2.06. The van der Waals surface area contributed by atoms with Crippen molar-refractivity contribution >= 4 is 11.7 Å². The lowest BCUT2D eigenvalue weighted by molar-refractivity contribution is 0.259. The van der Waals surface area contributed by atoms with Gasteiger partial charge in [0.15, 0.2) is 0 Å². The van der Waals surface area contributed by atoms with Crippen LogP contribution in [0.5, 0.6) is 5.75 Å². The van der Waals surface area contributed by atoms with Crippen LogP contribution in [0.4, 0.5) is 10.5 Å². The molecule has 1 aromatic carbocycles. The third-order valence-corrected chi connectivity index (χ3v) is 1.89. The number of urea groups is 1. The first-order valence-electron chi connectivity index (χ1n) is 3.88. The van der Waals surface area contributed by atoms with Gasteiger partial charge < -0.3 is 16.2 Å². The maximum absolute atomic E-state index is 10.5. The third kappa shape index (κ3) is 1.90. The fraction of sp³-hybridized carbons (Fsp3) is 0.222. The van der Waals surface area contributed by atoms with Crippen LogP contribution >= 0.6 is 0 Å². The summed E-state index contributed by atoms with van der Waals surface area (Å²) in [5.74, 6) is 0.186. The van der Waals surface area contributed by atoms with Crippen molar-refractivity contribution in [1.82, 2.24) is 0 Å². The summed E-state index contributed by atoms with van der Waals surface area (Å²) < 4.78 is 0. The highest BCUT2D eigenvalue weighted by atomic mass is 16.3. The Bertz CT molecular complexity index is 348. The predicted molar refractivity (Wildman–Crippen MR) is 50.8 cm³/mol. The summed E-state index contributed by atoms with van der Waals surface area (Å²) in [7, 11) is 0. The van der Waals surface area contributed by atoms with Gasteiger partial charge in [-0.05, 0) is 25.5 Å². The number of primary amides is 1. The number of aryl methyl sites for hydroxylation is 1. The Hall–Kier alpha value is -1.71. The van der Waals surface area contributed by atoms with E-state index < -0.39 is 6.03 Å². The van der Waals surface area contributed by atoms with E-state index in [1.54, 1.807) is 26.0 Å². The van der Waals surface area contributed by atoms with Crippen molar-refractivity contribution in [3.8, 4) is 5.75 Å². The topological polar surface area (TPSA) is 75.3 Å². The van der Waals surface area contributed by atoms with Crippen molar-refractivity contribution in [2.24, 2.45) is 5.73 Å². The molecule has 4 heteroatoms. The van der Waals surface area contributed by atoms with Crippen LogP contribution in [0.2, 0.25) is 0 Å². The molecule has 0 bridgehead atoms. The van der Waals surface area contributed by atoms with Crippen LogP contribution in [0.15, 0.2) is 12.1 Å². The molecule has 0 spiro atoms. The summed E-state index contributed by atoms with van der Waals surface area (Å²) in [6.07, 6.45) is 0. The van der Waals surface area contributed by atoms with E-state index in [0.717, 1.165) is 5.56 Å². The minimum absolute atomic E-state index is 0.186. The summed E-state index contributed by atoms with van der Waals surface area (Å²) >= 11 is 0. The molecule has 1 aromatic rings. The monoisotopic (exact) mass is 180 g/mol. The summed E-state index contributed by atoms with van der Waals surface area (Å²) in [6.45, 7) is 3.50. The molecule has 0 aliphatic carbocycles. The fourth-order valence-electron chi connectivity index (χ4n) is 1.10. The molecule has 0 aliphatic rings. The average molecular weight is 180 g/mol. The molecule has 13 heavy (non-hydrogen) atoms. The summed E-state index contributed by atoms with van der Waals surface area (Å²) in [5.41, 5.74) is 6.88. The van der Waals surface area contributed by atoms with Gasteiger partial charge in [-0.2, -0.15) is 0 Å². The molecule has 0 radical (unpaired) electrons. The lowest BCUT2D eigenvalue weighted by Crippen LogP contribution is -2.19. The lowest BCUT2D eigenvalue weighted by Gasteiger charge is -2.09. The van der Waals surface area contributed by atoms with Crippen molar-refractivity contribution in [3.63, 3.8) is 0 Å². The highest BCUT2D eigenvalue weighted by Crippen LogP contribution is 2.27. The highest BCUT2D eigenvalue weighted by molar-refractivity contribution is 5.89. The van der Waals surface area contributed by atoms with Gasteiger partial charge in [0, 0.05) is 11.3 Å². The fourth-order valence-corrected chi connectivity index (χ4v) is 1.10. The van der Waals surface area contributed by atoms with E-state index in [2.05, 4.69) is 5.32 Å². The predicted octanol–water partition coefficient (Wildman–Crippen LogP) is 1.50. The molecule has 0 saturated heterocycles. The number of anilines is 1. The first-order valence-corrected chi connectivity index (χ1v) is 3.88. The van der Waals surface area contributed by atoms with Gasteiger partial charge in [-0.3, -0.25) is 0 Å². The number of aromatic hydroxyl groups is 1. The van der Waals surface area contributed by atoms with Crippen LogP contribution in [-0.4, -0.2) is 11.1 Å². The molecule has 0 fully saturated rings. The second-order valence-electron chi connectivity index (χ2n) is 2.89. The number of carbonyl (C=O) groups is 1. The van der Waals surface area contributed by atoms with Gasteiger partial charge in [-0.1, -0.05) is 6.07 Å². The molecule has 0 atom stereocenters. The van der Waals surface area contributed by atoms with E-state index in [0.29, 0.717) is 11.3 Å². The van der Waals surface area contributed by atoms with Crippen molar-refractivity contribution in [2.45, 2.75) is 13.8 Å². The second-order valence-corrected chi connectivity index (χ2v) is 2.89. The van der Waals surface area contributed by atoms with Crippen LogP contribution in [0, 0.1) is 13.8 Å². The van der Waals surface area contributed by atoms with Gasteiger partial charge in [-0.25, -0.2) is 4.79 Å². The molecule has 70 valence electrons. The standard InChI is InChI=1S/C9H12N2O2/c1-5-3-4-7(11-9(10)13)6(2)8(5)12/h3-4,12H,1-2H3,(H3,10,11,13). The maximum Gasteiger partial charge on any atom is 0.316 e. The van der Waals surface area contributed by atoms with Crippen LogP contribution in [0.25, 0.3) is 0 Å². The van der Waals surface area contributed by atoms with Gasteiger partial charge in [-0.15, -0.1) is 0 Å². The zero-order chi connectivity index (χ0) is 10.0. The largest absolute Gasteiger partial charge is 0.507 e. The number of nitrogens with two attached hydrogens (primary N) is 1. The van der Waals surface area contributed by atoms with E-state index in [4.69, 9.17) is 5.73 Å². The second kappa shape index (κ2) is 3.35. The highest BCUT2D eigenvalue weighted by Gasteiger charge is 2.06. The van der Waals surface area contributed by atoms with E-state index in [1.807, 2.05) is 0 Å². The SMILES string of the molecule is Cc1ccc(NC(N)=O)c(C)c1O. The van der Waals surface area contributed by atoms with E-state index in [1.165, 1.54) is 0 Å². The number of hydrogen-bond acceptors (Lipinski definition) is 2. The molecule has 0 heterocycles. The van der Waals surface area contributed by atoms with Crippen molar-refractivity contribution in [1.29, 1.82) is 0 Å². The maximum atomic E-state index is 10.5. The molecule has 4 N–H and O–H groups in total. The molecular weight excluding hydrogens is 168 g/mol. The number of benzene rings is 1. The third-order valence-electron chi connectivity index (χ3n) is 1.89. The Labute approximate surface area is 76.4 Å². The van der Waals surface area contributed by atoms with Gasteiger partial charge in [0.25, 0.3) is 0 Å². The lowest BCUT2D eigenvalue weighted by atomic mass is 10.1. The summed E-state index contributed by atoms with van der Waals surface area (Å²) in [5, 5.41) is 11.9. The van der Waals surface area contributed by atoms with Crippen molar-refractivity contribution in [2.75, 3.05) is 5.32 Å². The van der Waals surface area contributed by atoms with Crippen LogP contribution in [-0.2, 0) is 0 Å². The first kappa shape index (κ1) is 9.38. The van der Waals surface area contributed by atoms with E-state index in [9.17, 15) is 9.90 Å². The number of carbonyl (C=O) groups excluding carboxylic acids is 1. The Morgan fingerprint density at radius 3 is 2.62 bits per heavy atom. The molecular formula is C9H12N2O2. The molecule has 0 unspecified atom stereocenters. The zero-order valence-corrected chi connectivity index (χ0v) is 7.59. The van der Waals surface area contributed by atoms with Gasteiger partial charge in [0.1, 0.15) is 5.75 Å². The smallest absolute Gasteiger partial charge is 0.316 e. The van der Waals surface area contributed by atoms with Crippen LogP contribution in [0.1, 0.15) is 11.1 Å². The molecule has 1 rings (SSSR count). The number of rotatable bonds is 1. The minimum Gasteiger partial charge on any atom is -0.507 e. The van der Waals surface area contributed by atoms with Gasteiger partial charge in [0.05, 0.1) is 0 Å². The van der Waals surface area contributed by atoms with Crippen LogP contribution < -0.4 is 11.1 Å². The first-order chi connectivity index (χ1) is 6.02. The Morgan fingerprint density at radius 2 is 2.08 bits per heavy atom. The normalized spacial score (nSPS) is 9.69. The quantitative estimate of drug-likeness (QED) is 0.612. The Morgan fingerprint density at radius 1 is 1.46 bits per heavy atom. The van der Waals surface area contributed by atoms with E-state index >= 15 is 0 Å². The number of nitrogens with one attached hydrogen (secondary N) is 1. The van der Waals surface area contributed by atoms with Gasteiger partial charge in [0.2, 0.25) is 0 Å².